The Morgan fingerprint density at radius 2 is 2.32 bits per heavy atom. The molecule has 0 bridgehead atoms. The van der Waals surface area contributed by atoms with E-state index in [4.69, 9.17) is 16.3 Å². The molecule has 1 aliphatic heterocycles. The van der Waals surface area contributed by atoms with E-state index in [2.05, 4.69) is 9.97 Å². The highest BCUT2D eigenvalue weighted by Crippen LogP contribution is 2.33. The Morgan fingerprint density at radius 1 is 1.50 bits per heavy atom. The monoisotopic (exact) mass is 319 g/mol. The quantitative estimate of drug-likeness (QED) is 0.946. The van der Waals surface area contributed by atoms with Gasteiger partial charge in [-0.2, -0.15) is 0 Å². The summed E-state index contributed by atoms with van der Waals surface area (Å²) in [7, 11) is 1.66. The summed E-state index contributed by atoms with van der Waals surface area (Å²) in [6.45, 7) is 2.48. The maximum Gasteiger partial charge on any atom is 0.256 e. The number of benzene rings is 1. The molecule has 1 amide bonds. The zero-order valence-electron chi connectivity index (χ0n) is 12.5. The summed E-state index contributed by atoms with van der Waals surface area (Å²) in [5.74, 6) is 0.682. The molecule has 2 aromatic rings. The molecule has 0 radical (unpaired) electrons. The number of aromatic nitrogens is 2. The molecular formula is C16H18ClN3O2. The maximum absolute atomic E-state index is 12.9. The summed E-state index contributed by atoms with van der Waals surface area (Å²) in [5.41, 5.74) is 1.54. The van der Waals surface area contributed by atoms with E-state index < -0.39 is 0 Å². The molecule has 1 saturated heterocycles. The number of H-pyrrole nitrogens is 1. The van der Waals surface area contributed by atoms with Gasteiger partial charge in [0.15, 0.2) is 0 Å². The van der Waals surface area contributed by atoms with E-state index in [-0.39, 0.29) is 18.1 Å². The van der Waals surface area contributed by atoms with Crippen LogP contribution in [0.25, 0.3) is 0 Å². The minimum absolute atomic E-state index is 0.00303. The van der Waals surface area contributed by atoms with Crippen molar-refractivity contribution in [3.63, 3.8) is 0 Å². The van der Waals surface area contributed by atoms with Crippen molar-refractivity contribution < 1.29 is 9.53 Å². The van der Waals surface area contributed by atoms with Crippen molar-refractivity contribution in [3.8, 4) is 0 Å². The highest BCUT2D eigenvalue weighted by Gasteiger charge is 2.38. The first-order valence-electron chi connectivity index (χ1n) is 7.19. The molecule has 2 atom stereocenters. The smallest absolute Gasteiger partial charge is 0.256 e. The van der Waals surface area contributed by atoms with Crippen molar-refractivity contribution in [3.05, 3.63) is 52.6 Å². The normalized spacial score (nSPS) is 21.3. The summed E-state index contributed by atoms with van der Waals surface area (Å²) in [4.78, 5) is 22.1. The molecule has 22 heavy (non-hydrogen) atoms. The molecule has 1 unspecified atom stereocenters. The Bertz CT molecular complexity index is 672. The number of ether oxygens (including phenoxy) is 1. The third-order valence-corrected chi connectivity index (χ3v) is 4.36. The predicted octanol–water partition coefficient (Wildman–Crippen LogP) is 2.97. The lowest BCUT2D eigenvalue weighted by Gasteiger charge is -2.23. The van der Waals surface area contributed by atoms with Crippen LogP contribution in [0.1, 0.15) is 34.2 Å². The number of aromatic amines is 1. The Hall–Kier alpha value is -1.85. The number of carbonyl (C=O) groups is 1. The first-order chi connectivity index (χ1) is 10.6. The third-order valence-electron chi connectivity index (χ3n) is 4.05. The van der Waals surface area contributed by atoms with Crippen LogP contribution in [0.15, 0.2) is 30.6 Å². The number of rotatable bonds is 3. The average molecular weight is 320 g/mol. The largest absolute Gasteiger partial charge is 0.380 e. The second-order valence-electron chi connectivity index (χ2n) is 5.52. The Morgan fingerprint density at radius 3 is 2.95 bits per heavy atom. The van der Waals surface area contributed by atoms with Gasteiger partial charge in [0.2, 0.25) is 0 Å². The van der Waals surface area contributed by atoms with Gasteiger partial charge in [-0.1, -0.05) is 17.7 Å². The summed E-state index contributed by atoms with van der Waals surface area (Å²) in [5, 5.41) is 0.476. The second-order valence-corrected chi connectivity index (χ2v) is 5.93. The lowest BCUT2D eigenvalue weighted by atomic mass is 10.1. The van der Waals surface area contributed by atoms with Gasteiger partial charge in [-0.05, 0) is 24.6 Å². The van der Waals surface area contributed by atoms with Crippen LogP contribution in [0.4, 0.5) is 0 Å². The number of hydrogen-bond acceptors (Lipinski definition) is 3. The fraction of sp³-hybridized carbons (Fsp3) is 0.375. The molecule has 0 spiro atoms. The molecule has 1 aliphatic rings. The fourth-order valence-electron chi connectivity index (χ4n) is 2.86. The van der Waals surface area contributed by atoms with Gasteiger partial charge in [0.25, 0.3) is 5.91 Å². The standard InChI is InChI=1S/C16H18ClN3O2/c1-10-3-4-12(13(17)7-10)16(21)20-9-11(22-2)8-14(20)15-18-5-6-19-15/h3-7,11,14H,8-9H2,1-2H3,(H,18,19)/t11-,14?/m1/s1. The minimum Gasteiger partial charge on any atom is -0.380 e. The molecule has 0 saturated carbocycles. The molecule has 2 heterocycles. The summed E-state index contributed by atoms with van der Waals surface area (Å²) in [6, 6.07) is 5.36. The number of imidazole rings is 1. The lowest BCUT2D eigenvalue weighted by molar-refractivity contribution is 0.0684. The van der Waals surface area contributed by atoms with Crippen LogP contribution in [0.2, 0.25) is 5.02 Å². The van der Waals surface area contributed by atoms with E-state index in [0.717, 1.165) is 17.8 Å². The summed E-state index contributed by atoms with van der Waals surface area (Å²) < 4.78 is 5.44. The summed E-state index contributed by atoms with van der Waals surface area (Å²) >= 11 is 6.24. The minimum atomic E-state index is -0.121. The van der Waals surface area contributed by atoms with Gasteiger partial charge in [0, 0.05) is 32.5 Å². The number of aryl methyl sites for hydroxylation is 1. The molecule has 1 aromatic heterocycles. The zero-order valence-corrected chi connectivity index (χ0v) is 13.3. The van der Waals surface area contributed by atoms with Crippen LogP contribution in [0, 0.1) is 6.92 Å². The molecule has 5 nitrogen and oxygen atoms in total. The molecule has 1 fully saturated rings. The van der Waals surface area contributed by atoms with Crippen LogP contribution in [0.5, 0.6) is 0 Å². The number of likely N-dealkylation sites (tertiary alicyclic amines) is 1. The number of methoxy groups -OCH3 is 1. The number of amides is 1. The van der Waals surface area contributed by atoms with Crippen LogP contribution < -0.4 is 0 Å². The number of nitrogens with zero attached hydrogens (tertiary/aromatic N) is 2. The Kier molecular flexibility index (Phi) is 4.18. The molecule has 116 valence electrons. The van der Waals surface area contributed by atoms with Gasteiger partial charge in [0.05, 0.1) is 22.7 Å². The number of halogens is 1. The predicted molar refractivity (Wildman–Crippen MR) is 84.0 cm³/mol. The molecule has 6 heteroatoms. The maximum atomic E-state index is 12.9. The van der Waals surface area contributed by atoms with Gasteiger partial charge >= 0.3 is 0 Å². The molecule has 1 aromatic carbocycles. The molecule has 1 N–H and O–H groups in total. The highest BCUT2D eigenvalue weighted by atomic mass is 35.5. The van der Waals surface area contributed by atoms with E-state index >= 15 is 0 Å². The molecule has 0 aliphatic carbocycles. The van der Waals surface area contributed by atoms with Gasteiger partial charge in [-0.25, -0.2) is 4.98 Å². The van der Waals surface area contributed by atoms with E-state index in [1.807, 2.05) is 13.0 Å². The van der Waals surface area contributed by atoms with E-state index in [9.17, 15) is 4.79 Å². The van der Waals surface area contributed by atoms with Crippen molar-refractivity contribution in [1.29, 1.82) is 0 Å². The van der Waals surface area contributed by atoms with E-state index in [0.29, 0.717) is 17.1 Å². The van der Waals surface area contributed by atoms with E-state index in [1.54, 1.807) is 36.5 Å². The van der Waals surface area contributed by atoms with Crippen molar-refractivity contribution in [2.24, 2.45) is 0 Å². The van der Waals surface area contributed by atoms with Crippen molar-refractivity contribution in [2.45, 2.75) is 25.5 Å². The average Bonchev–Trinajstić information content (AvgIpc) is 3.15. The SMILES string of the molecule is CO[C@@H]1CC(c2ncc[nH]2)N(C(=O)c2ccc(C)cc2Cl)C1. The van der Waals surface area contributed by atoms with Crippen molar-refractivity contribution in [1.82, 2.24) is 14.9 Å². The van der Waals surface area contributed by atoms with Gasteiger partial charge in [-0.15, -0.1) is 0 Å². The first kappa shape index (κ1) is 15.1. The molecule has 3 rings (SSSR count). The third kappa shape index (κ3) is 2.74. The Labute approximate surface area is 134 Å². The number of carbonyl (C=O) groups excluding carboxylic acids is 1. The van der Waals surface area contributed by atoms with Crippen LogP contribution in [0.3, 0.4) is 0 Å². The van der Waals surface area contributed by atoms with Gasteiger partial charge in [-0.3, -0.25) is 4.79 Å². The topological polar surface area (TPSA) is 58.2 Å². The van der Waals surface area contributed by atoms with Gasteiger partial charge in [0.1, 0.15) is 5.82 Å². The van der Waals surface area contributed by atoms with Crippen LogP contribution in [-0.2, 0) is 4.74 Å². The molecular weight excluding hydrogens is 302 g/mol. The first-order valence-corrected chi connectivity index (χ1v) is 7.57. The number of hydrogen-bond donors (Lipinski definition) is 1. The van der Waals surface area contributed by atoms with Crippen LogP contribution in [-0.4, -0.2) is 40.5 Å². The zero-order chi connectivity index (χ0) is 15.7. The highest BCUT2D eigenvalue weighted by molar-refractivity contribution is 6.33. The summed E-state index contributed by atoms with van der Waals surface area (Å²) in [6.07, 6.45) is 4.18. The fourth-order valence-corrected chi connectivity index (χ4v) is 3.18. The second kappa shape index (κ2) is 6.10. The number of nitrogens with one attached hydrogen (secondary N) is 1. The van der Waals surface area contributed by atoms with Crippen molar-refractivity contribution in [2.75, 3.05) is 13.7 Å². The van der Waals surface area contributed by atoms with Crippen molar-refractivity contribution >= 4 is 17.5 Å². The van der Waals surface area contributed by atoms with E-state index in [1.165, 1.54) is 0 Å². The van der Waals surface area contributed by atoms with Gasteiger partial charge < -0.3 is 14.6 Å². The Balaban J connectivity index is 1.92. The van der Waals surface area contributed by atoms with Crippen LogP contribution >= 0.6 is 11.6 Å². The lowest BCUT2D eigenvalue weighted by Crippen LogP contribution is -2.32.